The van der Waals surface area contributed by atoms with Gasteiger partial charge in [-0.1, -0.05) is 27.7 Å². The van der Waals surface area contributed by atoms with Gasteiger partial charge in [-0.15, -0.1) is 0 Å². The second-order valence-corrected chi connectivity index (χ2v) is 9.06. The summed E-state index contributed by atoms with van der Waals surface area (Å²) in [6.45, 7) is 8.53. The number of carbonyl (C=O) groups excluding carboxylic acids is 4. The summed E-state index contributed by atoms with van der Waals surface area (Å²) in [5, 5.41) is 11.5. The summed E-state index contributed by atoms with van der Waals surface area (Å²) in [5.74, 6) is -0.673. The molecule has 0 aromatic carbocycles. The predicted octanol–water partition coefficient (Wildman–Crippen LogP) is 0.545. The van der Waals surface area contributed by atoms with Crippen LogP contribution >= 0.6 is 0 Å². The molecule has 10 heteroatoms. The van der Waals surface area contributed by atoms with Crippen molar-refractivity contribution in [3.63, 3.8) is 0 Å². The van der Waals surface area contributed by atoms with Gasteiger partial charge in [0.2, 0.25) is 11.8 Å². The van der Waals surface area contributed by atoms with E-state index < -0.39 is 24.4 Å². The van der Waals surface area contributed by atoms with Gasteiger partial charge in [-0.3, -0.25) is 9.59 Å². The third kappa shape index (κ3) is 4.62. The average molecular weight is 423 g/mol. The lowest BCUT2D eigenvalue weighted by atomic mass is 10.1. The van der Waals surface area contributed by atoms with Crippen molar-refractivity contribution in [3.8, 4) is 0 Å². The minimum absolute atomic E-state index is 0.0605. The molecule has 3 aliphatic heterocycles. The van der Waals surface area contributed by atoms with Crippen LogP contribution in [0.25, 0.3) is 0 Å². The largest absolute Gasteiger partial charge is 0.334 e. The van der Waals surface area contributed by atoms with Crippen LogP contribution in [0.15, 0.2) is 0 Å². The van der Waals surface area contributed by atoms with Crippen LogP contribution in [0.1, 0.15) is 53.4 Å². The van der Waals surface area contributed by atoms with Gasteiger partial charge in [0.25, 0.3) is 0 Å². The van der Waals surface area contributed by atoms with Gasteiger partial charge in [0.1, 0.15) is 24.4 Å². The van der Waals surface area contributed by atoms with E-state index in [-0.39, 0.29) is 35.7 Å². The standard InChI is InChI=1S/C20H34N6O4/c1-11(2)15-21-17(27)13-7-5-10-26(13)20(30)24-16(12(3)4)22-18(28)14-8-6-9-25(14)19(29)23-15/h11-16H,5-10H2,1-4H3,(H,21,27)(H,22,28)(H,23,29)(H,24,30)/t13-,14-,15+,16+/m0/s1. The number of fused-ring (bicyclic) bond motifs is 2. The van der Waals surface area contributed by atoms with E-state index in [0.29, 0.717) is 25.9 Å². The molecule has 4 N–H and O–H groups in total. The number of nitrogens with one attached hydrogen (secondary N) is 4. The molecule has 0 aliphatic carbocycles. The van der Waals surface area contributed by atoms with Crippen molar-refractivity contribution in [2.75, 3.05) is 13.1 Å². The lowest BCUT2D eigenvalue weighted by Gasteiger charge is -2.34. The van der Waals surface area contributed by atoms with E-state index in [1.807, 2.05) is 27.7 Å². The Bertz CT molecular complexity index is 591. The minimum atomic E-state index is -0.603. The predicted molar refractivity (Wildman–Crippen MR) is 110 cm³/mol. The summed E-state index contributed by atoms with van der Waals surface area (Å²) in [5.41, 5.74) is 0. The molecule has 168 valence electrons. The van der Waals surface area contributed by atoms with E-state index >= 15 is 0 Å². The van der Waals surface area contributed by atoms with E-state index in [4.69, 9.17) is 0 Å². The Morgan fingerprint density at radius 1 is 0.667 bits per heavy atom. The number of nitrogens with zero attached hydrogens (tertiary/aromatic N) is 2. The van der Waals surface area contributed by atoms with Gasteiger partial charge < -0.3 is 31.1 Å². The first-order valence-electron chi connectivity index (χ1n) is 10.9. The first-order valence-corrected chi connectivity index (χ1v) is 10.9. The van der Waals surface area contributed by atoms with Crippen molar-refractivity contribution in [2.45, 2.75) is 77.8 Å². The summed E-state index contributed by atoms with van der Waals surface area (Å²) in [6, 6.07) is -1.93. The molecule has 3 rings (SSSR count). The number of hydrogen-bond acceptors (Lipinski definition) is 4. The quantitative estimate of drug-likeness (QED) is 0.519. The van der Waals surface area contributed by atoms with E-state index in [0.717, 1.165) is 12.8 Å². The molecule has 0 radical (unpaired) electrons. The van der Waals surface area contributed by atoms with Crippen molar-refractivity contribution in [2.24, 2.45) is 11.8 Å². The van der Waals surface area contributed by atoms with E-state index in [1.54, 1.807) is 0 Å². The van der Waals surface area contributed by atoms with Crippen molar-refractivity contribution >= 4 is 23.9 Å². The number of rotatable bonds is 2. The molecule has 6 amide bonds. The van der Waals surface area contributed by atoms with Gasteiger partial charge >= 0.3 is 12.1 Å². The van der Waals surface area contributed by atoms with Crippen LogP contribution in [0.5, 0.6) is 0 Å². The molecule has 10 nitrogen and oxygen atoms in total. The molecular weight excluding hydrogens is 388 g/mol. The summed E-state index contributed by atoms with van der Waals surface area (Å²) < 4.78 is 0. The van der Waals surface area contributed by atoms with E-state index in [9.17, 15) is 19.2 Å². The van der Waals surface area contributed by atoms with Crippen molar-refractivity contribution in [1.82, 2.24) is 31.1 Å². The highest BCUT2D eigenvalue weighted by atomic mass is 16.2. The molecule has 0 aromatic heterocycles. The summed E-state index contributed by atoms with van der Waals surface area (Å²) in [6.07, 6.45) is 1.38. The fraction of sp³-hybridized carbons (Fsp3) is 0.800. The zero-order valence-electron chi connectivity index (χ0n) is 18.2. The number of carbonyl (C=O) groups is 4. The van der Waals surface area contributed by atoms with E-state index in [1.165, 1.54) is 9.80 Å². The second-order valence-electron chi connectivity index (χ2n) is 9.06. The fourth-order valence-electron chi connectivity index (χ4n) is 4.23. The Balaban J connectivity index is 1.91. The molecule has 0 saturated carbocycles. The van der Waals surface area contributed by atoms with Crippen LogP contribution in [-0.2, 0) is 9.59 Å². The van der Waals surface area contributed by atoms with E-state index in [2.05, 4.69) is 21.3 Å². The lowest BCUT2D eigenvalue weighted by Crippen LogP contribution is -2.63. The molecular formula is C20H34N6O4. The number of amides is 6. The Kier molecular flexibility index (Phi) is 6.72. The molecule has 30 heavy (non-hydrogen) atoms. The van der Waals surface area contributed by atoms with Crippen molar-refractivity contribution in [3.05, 3.63) is 0 Å². The van der Waals surface area contributed by atoms with Gasteiger partial charge in [-0.25, -0.2) is 9.59 Å². The van der Waals surface area contributed by atoms with Crippen LogP contribution in [-0.4, -0.2) is 71.2 Å². The highest BCUT2D eigenvalue weighted by molar-refractivity contribution is 5.90. The van der Waals surface area contributed by atoms with Crippen LogP contribution in [0, 0.1) is 11.8 Å². The molecule has 4 atom stereocenters. The summed E-state index contributed by atoms with van der Waals surface area (Å²) in [7, 11) is 0. The van der Waals surface area contributed by atoms with Gasteiger partial charge in [0.15, 0.2) is 0 Å². The maximum atomic E-state index is 13.0. The molecule has 0 spiro atoms. The third-order valence-electron chi connectivity index (χ3n) is 6.12. The number of hydrogen-bond donors (Lipinski definition) is 4. The molecule has 0 aromatic rings. The smallest absolute Gasteiger partial charge is 0.319 e. The Hall–Kier alpha value is -2.52. The van der Waals surface area contributed by atoms with Crippen molar-refractivity contribution < 1.29 is 19.2 Å². The molecule has 0 unspecified atom stereocenters. The van der Waals surface area contributed by atoms with Crippen LogP contribution < -0.4 is 21.3 Å². The maximum Gasteiger partial charge on any atom is 0.319 e. The van der Waals surface area contributed by atoms with Gasteiger partial charge in [-0.2, -0.15) is 0 Å². The average Bonchev–Trinajstić information content (AvgIpc) is 3.35. The zero-order valence-corrected chi connectivity index (χ0v) is 18.2. The van der Waals surface area contributed by atoms with Gasteiger partial charge in [0.05, 0.1) is 0 Å². The molecule has 3 saturated heterocycles. The Morgan fingerprint density at radius 3 is 1.37 bits per heavy atom. The van der Waals surface area contributed by atoms with Crippen LogP contribution in [0.4, 0.5) is 9.59 Å². The first-order chi connectivity index (χ1) is 14.2. The van der Waals surface area contributed by atoms with Crippen LogP contribution in [0.2, 0.25) is 0 Å². The highest BCUT2D eigenvalue weighted by Gasteiger charge is 2.40. The van der Waals surface area contributed by atoms with Gasteiger partial charge in [0, 0.05) is 13.1 Å². The monoisotopic (exact) mass is 422 g/mol. The topological polar surface area (TPSA) is 123 Å². The molecule has 3 aliphatic rings. The first kappa shape index (κ1) is 22.2. The fourth-order valence-corrected chi connectivity index (χ4v) is 4.23. The SMILES string of the molecule is CC(C)[C@@H]1NC(=O)[C@@H]2CCCN2C(=O)N[C@H](C(C)C)NC(=O)[C@@H]2CCCN2C(=O)N1. The Morgan fingerprint density at radius 2 is 1.03 bits per heavy atom. The molecule has 3 heterocycles. The minimum Gasteiger partial charge on any atom is -0.334 e. The summed E-state index contributed by atoms with van der Waals surface area (Å²) >= 11 is 0. The second kappa shape index (κ2) is 9.09. The summed E-state index contributed by atoms with van der Waals surface area (Å²) in [4.78, 5) is 54.8. The Labute approximate surface area is 177 Å². The molecule has 3 fully saturated rings. The number of urea groups is 2. The third-order valence-corrected chi connectivity index (χ3v) is 6.12. The normalized spacial score (nSPS) is 31.0. The maximum absolute atomic E-state index is 13.0. The van der Waals surface area contributed by atoms with Gasteiger partial charge in [-0.05, 0) is 37.5 Å². The highest BCUT2D eigenvalue weighted by Crippen LogP contribution is 2.21. The lowest BCUT2D eigenvalue weighted by molar-refractivity contribution is -0.127. The van der Waals surface area contributed by atoms with Crippen LogP contribution in [0.3, 0.4) is 0 Å². The zero-order chi connectivity index (χ0) is 22.0. The van der Waals surface area contributed by atoms with Crippen molar-refractivity contribution in [1.29, 1.82) is 0 Å². The molecule has 0 bridgehead atoms.